The van der Waals surface area contributed by atoms with E-state index in [1.165, 1.54) is 12.1 Å². The van der Waals surface area contributed by atoms with Crippen molar-refractivity contribution in [1.29, 1.82) is 0 Å². The number of halogens is 3. The molecule has 1 aromatic heterocycles. The number of rotatable bonds is 3. The molecule has 2 aromatic rings. The minimum Gasteiger partial charge on any atom is -0.508 e. The number of nitrogens with one attached hydrogen (secondary N) is 1. The first kappa shape index (κ1) is 13.1. The lowest BCUT2D eigenvalue weighted by molar-refractivity contribution is -0.144. The van der Waals surface area contributed by atoms with E-state index < -0.39 is 12.0 Å². The lowest BCUT2D eigenvalue weighted by Gasteiger charge is -2.09. The average Bonchev–Trinajstić information content (AvgIpc) is 2.37. The first-order valence-corrected chi connectivity index (χ1v) is 5.38. The molecule has 0 aliphatic heterocycles. The molecule has 4 nitrogen and oxygen atoms in total. The average molecular weight is 269 g/mol. The summed E-state index contributed by atoms with van der Waals surface area (Å²) in [5.41, 5.74) is 0.565. The summed E-state index contributed by atoms with van der Waals surface area (Å²) in [6.07, 6.45) is -3.55. The zero-order valence-corrected chi connectivity index (χ0v) is 9.65. The molecule has 0 bridgehead atoms. The van der Waals surface area contributed by atoms with E-state index in [0.29, 0.717) is 5.56 Å². The highest BCUT2D eigenvalue weighted by atomic mass is 19.4. The lowest BCUT2D eigenvalue weighted by Crippen LogP contribution is -2.12. The van der Waals surface area contributed by atoms with Crippen LogP contribution in [-0.2, 0) is 12.7 Å². The number of hydrogen-bond donors (Lipinski definition) is 2. The second-order valence-electron chi connectivity index (χ2n) is 3.75. The van der Waals surface area contributed by atoms with Crippen molar-refractivity contribution < 1.29 is 18.3 Å². The van der Waals surface area contributed by atoms with Crippen LogP contribution >= 0.6 is 0 Å². The van der Waals surface area contributed by atoms with Crippen molar-refractivity contribution in [3.05, 3.63) is 47.9 Å². The van der Waals surface area contributed by atoms with E-state index in [1.54, 1.807) is 18.2 Å². The van der Waals surface area contributed by atoms with Gasteiger partial charge in [-0.2, -0.15) is 13.2 Å². The second kappa shape index (κ2) is 5.13. The van der Waals surface area contributed by atoms with Crippen molar-refractivity contribution >= 4 is 5.82 Å². The van der Waals surface area contributed by atoms with Crippen LogP contribution in [-0.4, -0.2) is 15.1 Å². The first-order valence-electron chi connectivity index (χ1n) is 5.38. The van der Waals surface area contributed by atoms with Crippen LogP contribution in [0.5, 0.6) is 5.75 Å². The van der Waals surface area contributed by atoms with Gasteiger partial charge in [-0.15, -0.1) is 0 Å². The molecule has 0 aliphatic carbocycles. The van der Waals surface area contributed by atoms with Gasteiger partial charge in [-0.25, -0.2) is 9.97 Å². The van der Waals surface area contributed by atoms with Gasteiger partial charge in [-0.1, -0.05) is 18.2 Å². The maximum Gasteiger partial charge on any atom is 0.451 e. The van der Waals surface area contributed by atoms with Crippen LogP contribution in [0, 0.1) is 0 Å². The van der Waals surface area contributed by atoms with E-state index in [-0.39, 0.29) is 18.1 Å². The third-order valence-electron chi connectivity index (χ3n) is 2.36. The molecule has 0 unspecified atom stereocenters. The van der Waals surface area contributed by atoms with Gasteiger partial charge < -0.3 is 10.4 Å². The third kappa shape index (κ3) is 3.34. The molecule has 0 spiro atoms. The van der Waals surface area contributed by atoms with Crippen LogP contribution in [0.25, 0.3) is 0 Å². The molecule has 19 heavy (non-hydrogen) atoms. The van der Waals surface area contributed by atoms with Gasteiger partial charge >= 0.3 is 6.18 Å². The van der Waals surface area contributed by atoms with Gasteiger partial charge in [-0.3, -0.25) is 0 Å². The van der Waals surface area contributed by atoms with Gasteiger partial charge in [0.2, 0.25) is 5.82 Å². The monoisotopic (exact) mass is 269 g/mol. The summed E-state index contributed by atoms with van der Waals surface area (Å²) in [6, 6.07) is 7.87. The Morgan fingerprint density at radius 3 is 2.58 bits per heavy atom. The molecule has 0 saturated carbocycles. The van der Waals surface area contributed by atoms with E-state index in [4.69, 9.17) is 0 Å². The molecule has 100 valence electrons. The topological polar surface area (TPSA) is 58.0 Å². The predicted octanol–water partition coefficient (Wildman–Crippen LogP) is 2.81. The highest BCUT2D eigenvalue weighted by Crippen LogP contribution is 2.26. The first-order chi connectivity index (χ1) is 8.97. The molecule has 0 aliphatic rings. The number of aromatic hydroxyl groups is 1. The summed E-state index contributed by atoms with van der Waals surface area (Å²) < 4.78 is 37.2. The Balaban J connectivity index is 2.10. The minimum absolute atomic E-state index is 0.0468. The Bertz CT molecular complexity index is 572. The third-order valence-corrected chi connectivity index (χ3v) is 2.36. The Morgan fingerprint density at radius 2 is 1.89 bits per heavy atom. The van der Waals surface area contributed by atoms with Crippen molar-refractivity contribution in [2.75, 3.05) is 5.32 Å². The summed E-state index contributed by atoms with van der Waals surface area (Å²) in [5, 5.41) is 12.2. The van der Waals surface area contributed by atoms with Crippen LogP contribution in [0.2, 0.25) is 0 Å². The predicted molar refractivity (Wildman–Crippen MR) is 62.5 cm³/mol. The van der Waals surface area contributed by atoms with Crippen molar-refractivity contribution in [1.82, 2.24) is 9.97 Å². The van der Waals surface area contributed by atoms with E-state index in [0.717, 1.165) is 6.20 Å². The van der Waals surface area contributed by atoms with Gasteiger partial charge in [-0.05, 0) is 12.1 Å². The normalized spacial score (nSPS) is 11.3. The standard InChI is InChI=1S/C12H10F3N3O/c13-12(14,15)11-16-6-5-10(18-11)17-7-8-3-1-2-4-9(8)19/h1-6,19H,7H2,(H,16,17,18). The van der Waals surface area contributed by atoms with Crippen LogP contribution in [0.3, 0.4) is 0 Å². The molecular formula is C12H10F3N3O. The van der Waals surface area contributed by atoms with Crippen molar-refractivity contribution in [3.8, 4) is 5.75 Å². The van der Waals surface area contributed by atoms with Gasteiger partial charge in [0, 0.05) is 18.3 Å². The molecule has 1 aromatic carbocycles. The summed E-state index contributed by atoms with van der Waals surface area (Å²) in [6.45, 7) is 0.168. The van der Waals surface area contributed by atoms with Gasteiger partial charge in [0.05, 0.1) is 0 Å². The van der Waals surface area contributed by atoms with Crippen LogP contribution in [0.1, 0.15) is 11.4 Å². The Labute approximate surface area is 106 Å². The molecule has 1 heterocycles. The van der Waals surface area contributed by atoms with E-state index in [1.807, 2.05) is 0 Å². The Hall–Kier alpha value is -2.31. The summed E-state index contributed by atoms with van der Waals surface area (Å²) >= 11 is 0. The second-order valence-corrected chi connectivity index (χ2v) is 3.75. The van der Waals surface area contributed by atoms with Crippen LogP contribution in [0.15, 0.2) is 36.5 Å². The largest absolute Gasteiger partial charge is 0.508 e. The number of aromatic nitrogens is 2. The lowest BCUT2D eigenvalue weighted by atomic mass is 10.2. The fourth-order valence-electron chi connectivity index (χ4n) is 1.44. The number of hydrogen-bond acceptors (Lipinski definition) is 4. The van der Waals surface area contributed by atoms with E-state index in [9.17, 15) is 18.3 Å². The highest BCUT2D eigenvalue weighted by molar-refractivity contribution is 5.38. The number of alkyl halides is 3. The number of para-hydroxylation sites is 1. The molecule has 0 amide bonds. The van der Waals surface area contributed by atoms with Gasteiger partial charge in [0.1, 0.15) is 11.6 Å². The molecule has 0 saturated heterocycles. The number of phenolic OH excluding ortho intramolecular Hbond substituents is 1. The van der Waals surface area contributed by atoms with Crippen LogP contribution in [0.4, 0.5) is 19.0 Å². The summed E-state index contributed by atoms with van der Waals surface area (Å²) in [7, 11) is 0. The SMILES string of the molecule is Oc1ccccc1CNc1ccnc(C(F)(F)F)n1. The summed E-state index contributed by atoms with van der Waals surface area (Å²) in [4.78, 5) is 6.52. The van der Waals surface area contributed by atoms with Crippen molar-refractivity contribution in [2.24, 2.45) is 0 Å². The maximum absolute atomic E-state index is 12.4. The number of anilines is 1. The van der Waals surface area contributed by atoms with E-state index >= 15 is 0 Å². The quantitative estimate of drug-likeness (QED) is 0.899. The Morgan fingerprint density at radius 1 is 1.16 bits per heavy atom. The molecule has 0 atom stereocenters. The van der Waals surface area contributed by atoms with E-state index in [2.05, 4.69) is 15.3 Å². The van der Waals surface area contributed by atoms with Crippen molar-refractivity contribution in [3.63, 3.8) is 0 Å². The molecule has 0 radical (unpaired) electrons. The minimum atomic E-state index is -4.58. The number of benzene rings is 1. The fraction of sp³-hybridized carbons (Fsp3) is 0.167. The zero-order chi connectivity index (χ0) is 13.9. The maximum atomic E-state index is 12.4. The highest BCUT2D eigenvalue weighted by Gasteiger charge is 2.34. The molecule has 2 rings (SSSR count). The van der Waals surface area contributed by atoms with Crippen molar-refractivity contribution in [2.45, 2.75) is 12.7 Å². The van der Waals surface area contributed by atoms with Gasteiger partial charge in [0.15, 0.2) is 0 Å². The fourth-order valence-corrected chi connectivity index (χ4v) is 1.44. The smallest absolute Gasteiger partial charge is 0.451 e. The number of nitrogens with zero attached hydrogens (tertiary/aromatic N) is 2. The molecule has 2 N–H and O–H groups in total. The number of phenols is 1. The molecule has 7 heteroatoms. The molecule has 0 fully saturated rings. The zero-order valence-electron chi connectivity index (χ0n) is 9.65. The van der Waals surface area contributed by atoms with Crippen LogP contribution < -0.4 is 5.32 Å². The Kier molecular flexibility index (Phi) is 3.55. The van der Waals surface area contributed by atoms with Gasteiger partial charge in [0.25, 0.3) is 0 Å². The molecular weight excluding hydrogens is 259 g/mol. The summed E-state index contributed by atoms with van der Waals surface area (Å²) in [5.74, 6) is -1.08.